The van der Waals surface area contributed by atoms with Gasteiger partial charge >= 0.3 is 5.97 Å². The first kappa shape index (κ1) is 16.7. The molecule has 5 rings (SSSR count). The Balaban J connectivity index is 1.49. The third-order valence-electron chi connectivity index (χ3n) is 4.98. The molecule has 3 aromatic heterocycles. The summed E-state index contributed by atoms with van der Waals surface area (Å²) in [4.78, 5) is 23.3. The Morgan fingerprint density at radius 2 is 2.33 bits per heavy atom. The Morgan fingerprint density at radius 3 is 3.11 bits per heavy atom. The van der Waals surface area contributed by atoms with Gasteiger partial charge in [0.25, 0.3) is 0 Å². The third kappa shape index (κ3) is 2.89. The predicted octanol–water partition coefficient (Wildman–Crippen LogP) is 4.65. The zero-order chi connectivity index (χ0) is 18.4. The average Bonchev–Trinajstić information content (AvgIpc) is 3.03. The number of carbonyl (C=O) groups is 1. The maximum absolute atomic E-state index is 12.1. The molecule has 0 radical (unpaired) electrons. The van der Waals surface area contributed by atoms with Crippen molar-refractivity contribution in [3.05, 3.63) is 35.0 Å². The molecule has 0 bridgehead atoms. The maximum atomic E-state index is 12.1. The molecule has 27 heavy (non-hydrogen) atoms. The van der Waals surface area contributed by atoms with E-state index in [4.69, 9.17) is 4.74 Å². The number of rotatable bonds is 4. The molecule has 8 heteroatoms. The van der Waals surface area contributed by atoms with Gasteiger partial charge in [-0.05, 0) is 49.9 Å². The fourth-order valence-electron chi connectivity index (χ4n) is 3.64. The minimum atomic E-state index is -0.0850. The number of nitrogens with zero attached hydrogens (tertiary/aromatic N) is 2. The fraction of sp³-hybridized carbons (Fsp3) is 0.316. The number of ether oxygens (including phenoxy) is 1. The standard InChI is InChI=1S/C19H18N4O2S2/c1-2-25-19(24)10-3-5-12-14(7-10)26-18-16(12)17(20-9-21-18)22-11-4-6-13-15(8-11)27-23-13/h4,6,8-10,23H,2-3,5,7H2,1H3,(H,20,21,22)/t10-/m0/s1. The van der Waals surface area contributed by atoms with Crippen LogP contribution in [0.2, 0.25) is 0 Å². The number of thiophene rings is 1. The first-order chi connectivity index (χ1) is 13.2. The lowest BCUT2D eigenvalue weighted by Crippen LogP contribution is -2.23. The summed E-state index contributed by atoms with van der Waals surface area (Å²) in [6.07, 6.45) is 4.00. The van der Waals surface area contributed by atoms with E-state index in [9.17, 15) is 4.79 Å². The topological polar surface area (TPSA) is 79.9 Å². The Bertz CT molecular complexity index is 1140. The van der Waals surface area contributed by atoms with Crippen molar-refractivity contribution in [1.29, 1.82) is 0 Å². The van der Waals surface area contributed by atoms with Gasteiger partial charge in [-0.25, -0.2) is 9.97 Å². The minimum absolute atomic E-state index is 0.0487. The third-order valence-corrected chi connectivity index (χ3v) is 7.02. The SMILES string of the molecule is CCOC(=O)[C@H]1CCc2c(sc3ncnc(Nc4ccc5[nH]sc5c4)c23)C1. The molecule has 0 amide bonds. The van der Waals surface area contributed by atoms with Gasteiger partial charge in [-0.3, -0.25) is 4.79 Å². The highest BCUT2D eigenvalue weighted by Gasteiger charge is 2.29. The molecular formula is C19H18N4O2S2. The number of H-pyrrole nitrogens is 1. The van der Waals surface area contributed by atoms with Gasteiger partial charge in [0.1, 0.15) is 17.0 Å². The van der Waals surface area contributed by atoms with Crippen LogP contribution in [0.5, 0.6) is 0 Å². The van der Waals surface area contributed by atoms with Crippen molar-refractivity contribution in [2.24, 2.45) is 5.92 Å². The van der Waals surface area contributed by atoms with Crippen molar-refractivity contribution in [2.75, 3.05) is 11.9 Å². The summed E-state index contributed by atoms with van der Waals surface area (Å²) in [6, 6.07) is 6.24. The van der Waals surface area contributed by atoms with Gasteiger partial charge in [0, 0.05) is 10.6 Å². The van der Waals surface area contributed by atoms with Crippen LogP contribution < -0.4 is 5.32 Å². The number of esters is 1. The van der Waals surface area contributed by atoms with Gasteiger partial charge in [-0.1, -0.05) is 11.5 Å². The van der Waals surface area contributed by atoms with Gasteiger partial charge in [-0.15, -0.1) is 11.3 Å². The molecule has 1 aliphatic carbocycles. The number of hydrogen-bond donors (Lipinski definition) is 2. The number of nitrogens with one attached hydrogen (secondary N) is 2. The van der Waals surface area contributed by atoms with Gasteiger partial charge in [0.05, 0.1) is 28.1 Å². The van der Waals surface area contributed by atoms with Gasteiger partial charge in [-0.2, -0.15) is 0 Å². The van der Waals surface area contributed by atoms with Gasteiger partial charge in [0.15, 0.2) is 0 Å². The van der Waals surface area contributed by atoms with Gasteiger partial charge < -0.3 is 14.4 Å². The summed E-state index contributed by atoms with van der Waals surface area (Å²) < 4.78 is 9.65. The van der Waals surface area contributed by atoms with Crippen molar-refractivity contribution in [3.8, 4) is 0 Å². The first-order valence-corrected chi connectivity index (χ1v) is 10.6. The number of benzene rings is 1. The average molecular weight is 399 g/mol. The molecular weight excluding hydrogens is 380 g/mol. The van der Waals surface area contributed by atoms with Crippen molar-refractivity contribution in [2.45, 2.75) is 26.2 Å². The Labute approximate surface area is 163 Å². The number of fused-ring (bicyclic) bond motifs is 4. The van der Waals surface area contributed by atoms with Crippen LogP contribution in [0.4, 0.5) is 11.5 Å². The molecule has 1 aliphatic rings. The monoisotopic (exact) mass is 398 g/mol. The summed E-state index contributed by atoms with van der Waals surface area (Å²) >= 11 is 3.29. The first-order valence-electron chi connectivity index (χ1n) is 8.98. The zero-order valence-corrected chi connectivity index (χ0v) is 16.4. The summed E-state index contributed by atoms with van der Waals surface area (Å²) in [7, 11) is 0. The van der Waals surface area contributed by atoms with E-state index < -0.39 is 0 Å². The number of aromatic amines is 1. The van der Waals surface area contributed by atoms with Crippen LogP contribution >= 0.6 is 22.9 Å². The molecule has 138 valence electrons. The summed E-state index contributed by atoms with van der Waals surface area (Å²) in [5.74, 6) is 0.704. The van der Waals surface area contributed by atoms with E-state index in [0.29, 0.717) is 6.61 Å². The highest BCUT2D eigenvalue weighted by atomic mass is 32.1. The normalized spacial score (nSPS) is 16.6. The van der Waals surface area contributed by atoms with Crippen molar-refractivity contribution >= 4 is 60.8 Å². The van der Waals surface area contributed by atoms with Crippen molar-refractivity contribution < 1.29 is 9.53 Å². The smallest absolute Gasteiger partial charge is 0.309 e. The van der Waals surface area contributed by atoms with Crippen LogP contribution in [0.1, 0.15) is 23.8 Å². The molecule has 4 aromatic rings. The minimum Gasteiger partial charge on any atom is -0.466 e. The molecule has 6 nitrogen and oxygen atoms in total. The summed E-state index contributed by atoms with van der Waals surface area (Å²) in [5, 5.41) is 4.55. The largest absolute Gasteiger partial charge is 0.466 e. The summed E-state index contributed by atoms with van der Waals surface area (Å²) in [6.45, 7) is 2.29. The van der Waals surface area contributed by atoms with Gasteiger partial charge in [0.2, 0.25) is 0 Å². The molecule has 0 fully saturated rings. The molecule has 0 saturated carbocycles. The van der Waals surface area contributed by atoms with Crippen LogP contribution in [0.3, 0.4) is 0 Å². The molecule has 0 saturated heterocycles. The highest BCUT2D eigenvalue weighted by Crippen LogP contribution is 2.40. The molecule has 1 atom stereocenters. The van der Waals surface area contributed by atoms with Crippen molar-refractivity contribution in [1.82, 2.24) is 14.3 Å². The number of anilines is 2. The van der Waals surface area contributed by atoms with Crippen molar-refractivity contribution in [3.63, 3.8) is 0 Å². The Morgan fingerprint density at radius 1 is 1.41 bits per heavy atom. The van der Waals surface area contributed by atoms with E-state index in [1.807, 2.05) is 6.92 Å². The zero-order valence-electron chi connectivity index (χ0n) is 14.7. The number of carbonyl (C=O) groups excluding carboxylic acids is 1. The Hall–Kier alpha value is -2.45. The van der Waals surface area contributed by atoms with E-state index in [1.54, 1.807) is 29.2 Å². The quantitative estimate of drug-likeness (QED) is 0.489. The molecule has 3 heterocycles. The van der Waals surface area contributed by atoms with E-state index in [0.717, 1.165) is 46.5 Å². The second kappa shape index (κ2) is 6.61. The molecule has 0 unspecified atom stereocenters. The lowest BCUT2D eigenvalue weighted by molar-refractivity contribution is -0.148. The molecule has 0 aliphatic heterocycles. The van der Waals surface area contributed by atoms with Crippen LogP contribution in [0.15, 0.2) is 24.5 Å². The van der Waals surface area contributed by atoms with E-state index >= 15 is 0 Å². The molecule has 1 aromatic carbocycles. The lowest BCUT2D eigenvalue weighted by Gasteiger charge is -2.20. The van der Waals surface area contributed by atoms with Crippen LogP contribution in [0, 0.1) is 5.92 Å². The number of aryl methyl sites for hydroxylation is 1. The van der Waals surface area contributed by atoms with E-state index in [-0.39, 0.29) is 11.9 Å². The second-order valence-electron chi connectivity index (χ2n) is 6.64. The summed E-state index contributed by atoms with van der Waals surface area (Å²) in [5.41, 5.74) is 3.46. The number of hydrogen-bond acceptors (Lipinski definition) is 7. The van der Waals surface area contributed by atoms with Crippen LogP contribution in [0.25, 0.3) is 20.4 Å². The van der Waals surface area contributed by atoms with Crippen LogP contribution in [-0.2, 0) is 22.4 Å². The molecule has 2 N–H and O–H groups in total. The maximum Gasteiger partial charge on any atom is 0.309 e. The second-order valence-corrected chi connectivity index (χ2v) is 8.57. The highest BCUT2D eigenvalue weighted by molar-refractivity contribution is 7.19. The molecule has 0 spiro atoms. The predicted molar refractivity (Wildman–Crippen MR) is 109 cm³/mol. The fourth-order valence-corrected chi connectivity index (χ4v) is 5.56. The number of aromatic nitrogens is 3. The van der Waals surface area contributed by atoms with Crippen LogP contribution in [-0.4, -0.2) is 26.9 Å². The van der Waals surface area contributed by atoms with E-state index in [2.05, 4.69) is 37.9 Å². The lowest BCUT2D eigenvalue weighted by atomic mass is 9.88. The Kier molecular flexibility index (Phi) is 4.09. The van der Waals surface area contributed by atoms with E-state index in [1.165, 1.54) is 15.1 Å².